The molecule has 1 aliphatic rings. The highest BCUT2D eigenvalue weighted by Gasteiger charge is 2.38. The van der Waals surface area contributed by atoms with E-state index in [9.17, 15) is 43.2 Å². The maximum Gasteiger partial charge on any atom is 0.245 e. The average Bonchev–Trinajstić information content (AvgIpc) is 1.75. The van der Waals surface area contributed by atoms with Crippen LogP contribution in [-0.2, 0) is 49.7 Å². The number of nitrogens with one attached hydrogen (secondary N) is 4. The number of nitrogens with zero attached hydrogens (tertiary/aromatic N) is 9. The van der Waals surface area contributed by atoms with E-state index < -0.39 is 97.6 Å². The lowest BCUT2D eigenvalue weighted by Crippen LogP contribution is -2.58. The van der Waals surface area contributed by atoms with Crippen LogP contribution in [0.15, 0.2) is 50.3 Å². The Hall–Kier alpha value is -8.63. The highest BCUT2D eigenvalue weighted by Crippen LogP contribution is 2.20. The third-order valence-corrected chi connectivity index (χ3v) is 14.8. The van der Waals surface area contributed by atoms with Crippen molar-refractivity contribution in [1.82, 2.24) is 45.8 Å². The van der Waals surface area contributed by atoms with E-state index >= 15 is 0 Å². The number of hydrogen-bond donors (Lipinski definition) is 16. The number of rotatable bonds is 49. The number of likely N-dealkylation sites (tertiary alicyclic amines) is 1. The van der Waals surface area contributed by atoms with E-state index in [4.69, 9.17) is 68.8 Å². The molecule has 1 aromatic rings. The monoisotopic (exact) mass is 1300 g/mol. The molecule has 2 rings (SSSR count). The smallest absolute Gasteiger partial charge is 0.245 e. The molecule has 1 heterocycles. The van der Waals surface area contributed by atoms with Crippen molar-refractivity contribution >= 4 is 77.0 Å². The minimum absolute atomic E-state index is 0.0404. The molecule has 92 heavy (non-hydrogen) atoms. The van der Waals surface area contributed by atoms with Gasteiger partial charge in [0.25, 0.3) is 0 Å². The highest BCUT2D eigenvalue weighted by molar-refractivity contribution is 5.96. The van der Waals surface area contributed by atoms with Crippen molar-refractivity contribution in [3.63, 3.8) is 0 Å². The topological polar surface area (TPSA) is 580 Å². The zero-order valence-electron chi connectivity index (χ0n) is 53.6. The van der Waals surface area contributed by atoms with Gasteiger partial charge in [-0.3, -0.25) is 63.1 Å². The van der Waals surface area contributed by atoms with Crippen molar-refractivity contribution < 1.29 is 43.2 Å². The van der Waals surface area contributed by atoms with Crippen LogP contribution in [0.3, 0.4) is 0 Å². The number of carbonyl (C=O) groups is 9. The van der Waals surface area contributed by atoms with Gasteiger partial charge in [0.15, 0.2) is 23.8 Å². The summed E-state index contributed by atoms with van der Waals surface area (Å²) in [4.78, 5) is 150. The molecule has 34 nitrogen and oxygen atoms in total. The van der Waals surface area contributed by atoms with Gasteiger partial charge in [-0.15, -0.1) is 0 Å². The first kappa shape index (κ1) is 79.5. The summed E-state index contributed by atoms with van der Waals surface area (Å²) >= 11 is 0. The second kappa shape index (κ2) is 46.4. The summed E-state index contributed by atoms with van der Waals surface area (Å²) in [5.41, 5.74) is 68.2. The number of primary amides is 1. The molecule has 518 valence electrons. The fraction of sp³-hybridized carbons (Fsp3) is 0.672. The van der Waals surface area contributed by atoms with Gasteiger partial charge in [-0.25, -0.2) is 0 Å². The standard InChI is InChI=1S/C58H107N25O9/c59-23-8-1-2-11-26-71-35-47(85)80(32-15-29-74-57(67)68)38-48(86)81(33-16-30-75-58(69)70)39-50(88)82(36-41-17-4-3-5-18-41)40-49(87)79(31-14-28-73-56(65)66)37-46(84)76-42(19-6-9-24-60)52(90)77-43(20-7-10-25-61)53(91)78-44(21-12-27-72-55(63)64)54(92)83-34-13-22-45(83)51(62)89/h3-5,17-18,42-45,71H,1-2,6-16,19-40,59-61H2,(H2,62,89)(H,76,84)(H,77,90)(H,78,91)(H4,63,64,72)(H4,65,66,73)(H4,67,68,74)(H4,69,70,75)/t42-,43+,44?,45-/m0/s1. The molecule has 4 atom stereocenters. The Bertz CT molecular complexity index is 2540. The summed E-state index contributed by atoms with van der Waals surface area (Å²) in [6, 6.07) is 4.19. The summed E-state index contributed by atoms with van der Waals surface area (Å²) in [6.45, 7) is -0.135. The number of guanidine groups is 4. The second-order valence-electron chi connectivity index (χ2n) is 22.4. The second-order valence-corrected chi connectivity index (χ2v) is 22.4. The Morgan fingerprint density at radius 3 is 1.40 bits per heavy atom. The number of hydrogen-bond acceptors (Lipinski definition) is 17. The maximum absolute atomic E-state index is 14.8. The van der Waals surface area contributed by atoms with Gasteiger partial charge in [-0.1, -0.05) is 43.2 Å². The van der Waals surface area contributed by atoms with Gasteiger partial charge >= 0.3 is 0 Å². The van der Waals surface area contributed by atoms with Crippen LogP contribution in [0.25, 0.3) is 0 Å². The Balaban J connectivity index is 2.56. The average molecular weight is 1300 g/mol. The van der Waals surface area contributed by atoms with Gasteiger partial charge in [0.1, 0.15) is 30.7 Å². The minimum Gasteiger partial charge on any atom is -0.370 e. The van der Waals surface area contributed by atoms with E-state index in [0.29, 0.717) is 63.6 Å². The Morgan fingerprint density at radius 1 is 0.478 bits per heavy atom. The fourth-order valence-electron chi connectivity index (χ4n) is 9.93. The number of aliphatic imine (C=N–C) groups is 4. The Morgan fingerprint density at radius 2 is 0.902 bits per heavy atom. The van der Waals surface area contributed by atoms with Gasteiger partial charge in [0.2, 0.25) is 53.2 Å². The number of amides is 9. The lowest BCUT2D eigenvalue weighted by atomic mass is 10.0. The zero-order valence-corrected chi connectivity index (χ0v) is 53.6. The van der Waals surface area contributed by atoms with E-state index in [2.05, 4.69) is 41.2 Å². The van der Waals surface area contributed by atoms with Crippen LogP contribution in [-0.4, -0.2) is 237 Å². The van der Waals surface area contributed by atoms with Gasteiger partial charge in [-0.05, 0) is 128 Å². The van der Waals surface area contributed by atoms with Crippen molar-refractivity contribution in [2.45, 2.75) is 140 Å². The first-order valence-corrected chi connectivity index (χ1v) is 31.7. The molecule has 1 saturated heterocycles. The molecule has 1 fully saturated rings. The van der Waals surface area contributed by atoms with Crippen LogP contribution in [0.1, 0.15) is 115 Å². The molecule has 34 heteroatoms. The van der Waals surface area contributed by atoms with Crippen LogP contribution in [0.5, 0.6) is 0 Å². The minimum atomic E-state index is -1.28. The molecule has 1 aliphatic heterocycles. The van der Waals surface area contributed by atoms with Crippen LogP contribution < -0.4 is 90.1 Å². The maximum atomic E-state index is 14.8. The van der Waals surface area contributed by atoms with E-state index in [1.807, 2.05) is 0 Å². The van der Waals surface area contributed by atoms with Crippen molar-refractivity contribution in [3.8, 4) is 0 Å². The van der Waals surface area contributed by atoms with Gasteiger partial charge < -0.3 is 115 Å². The Labute approximate surface area is 540 Å². The first-order chi connectivity index (χ1) is 44.0. The number of nitrogens with two attached hydrogens (primary N) is 12. The van der Waals surface area contributed by atoms with E-state index in [0.717, 1.165) is 25.7 Å². The normalized spacial score (nSPS) is 13.5. The van der Waals surface area contributed by atoms with Crippen LogP contribution >= 0.6 is 0 Å². The molecule has 0 aromatic heterocycles. The molecule has 0 spiro atoms. The highest BCUT2D eigenvalue weighted by atomic mass is 16.2. The molecule has 0 saturated carbocycles. The van der Waals surface area contributed by atoms with Gasteiger partial charge in [-0.2, -0.15) is 0 Å². The quantitative estimate of drug-likeness (QED) is 0.0164. The predicted octanol–water partition coefficient (Wildman–Crippen LogP) is -6.16. The third-order valence-electron chi connectivity index (χ3n) is 14.8. The lowest BCUT2D eigenvalue weighted by molar-refractivity contribution is -0.147. The number of unbranched alkanes of at least 4 members (excludes halogenated alkanes) is 5. The van der Waals surface area contributed by atoms with E-state index in [-0.39, 0.29) is 147 Å². The van der Waals surface area contributed by atoms with Crippen LogP contribution in [0.2, 0.25) is 0 Å². The molecule has 28 N–H and O–H groups in total. The predicted molar refractivity (Wildman–Crippen MR) is 353 cm³/mol. The molecule has 0 radical (unpaired) electrons. The van der Waals surface area contributed by atoms with Gasteiger partial charge in [0.05, 0.1) is 26.2 Å². The van der Waals surface area contributed by atoms with E-state index in [1.165, 1.54) is 24.5 Å². The lowest BCUT2D eigenvalue weighted by Gasteiger charge is -2.31. The summed E-state index contributed by atoms with van der Waals surface area (Å²) in [7, 11) is 0. The largest absolute Gasteiger partial charge is 0.370 e. The molecular weight excluding hydrogens is 1190 g/mol. The SMILES string of the molecule is NCCCCCCNCC(=O)N(CCCN=C(N)N)CC(=O)N(CCCN=C(N)N)CC(=O)N(CC(=O)N(CCCN=C(N)N)CC(=O)N[C@@H](CCCCN)C(=O)N[C@H](CCCCN)C(=O)NC(CCCN=C(N)N)C(=O)N1CCC[C@H]1C(N)=O)Cc1ccccc1. The first-order valence-electron chi connectivity index (χ1n) is 31.7. The molecule has 0 bridgehead atoms. The number of carbonyl (C=O) groups excluding carboxylic acids is 9. The Kier molecular flexibility index (Phi) is 40.1. The summed E-state index contributed by atoms with van der Waals surface area (Å²) in [5, 5.41) is 11.4. The third kappa shape index (κ3) is 34.0. The number of benzene rings is 1. The van der Waals surface area contributed by atoms with Crippen LogP contribution in [0.4, 0.5) is 0 Å². The van der Waals surface area contributed by atoms with Gasteiger partial charge in [0, 0.05) is 58.9 Å². The molecule has 9 amide bonds. The molecular formula is C58H107N25O9. The van der Waals surface area contributed by atoms with Crippen molar-refractivity contribution in [2.75, 3.05) is 111 Å². The molecule has 1 unspecified atom stereocenters. The molecule has 0 aliphatic carbocycles. The van der Waals surface area contributed by atoms with Crippen molar-refractivity contribution in [1.29, 1.82) is 0 Å². The van der Waals surface area contributed by atoms with Crippen molar-refractivity contribution in [2.24, 2.45) is 88.8 Å². The fourth-order valence-corrected chi connectivity index (χ4v) is 9.93. The summed E-state index contributed by atoms with van der Waals surface area (Å²) in [6.07, 6.45) is 7.21. The summed E-state index contributed by atoms with van der Waals surface area (Å²) < 4.78 is 0. The van der Waals surface area contributed by atoms with Crippen LogP contribution in [0, 0.1) is 0 Å². The summed E-state index contributed by atoms with van der Waals surface area (Å²) in [5.74, 6) is -6.55. The van der Waals surface area contributed by atoms with E-state index in [1.54, 1.807) is 30.3 Å². The van der Waals surface area contributed by atoms with Crippen molar-refractivity contribution in [3.05, 3.63) is 35.9 Å². The zero-order chi connectivity index (χ0) is 68.2. The molecule has 1 aromatic carbocycles.